The van der Waals surface area contributed by atoms with E-state index in [1.54, 1.807) is 29.2 Å². The smallest absolute Gasteiger partial charge is 0.254 e. The van der Waals surface area contributed by atoms with Gasteiger partial charge in [-0.1, -0.05) is 12.1 Å². The van der Waals surface area contributed by atoms with Crippen LogP contribution < -0.4 is 10.2 Å². The van der Waals surface area contributed by atoms with Crippen molar-refractivity contribution < 1.29 is 9.59 Å². The summed E-state index contributed by atoms with van der Waals surface area (Å²) in [5.41, 5.74) is 2.28. The topological polar surface area (TPSA) is 49.4 Å². The molecule has 0 fully saturated rings. The number of benzene rings is 1. The maximum Gasteiger partial charge on any atom is 0.254 e. The number of para-hydroxylation sites is 1. The zero-order valence-corrected chi connectivity index (χ0v) is 11.8. The number of hydrogen-bond donors (Lipinski definition) is 1. The minimum Gasteiger partial charge on any atom is -0.340 e. The molecular weight excluding hydrogens is 272 g/mol. The molecule has 0 saturated heterocycles. The average molecular weight is 286 g/mol. The number of fused-ring (bicyclic) bond motifs is 1. The second kappa shape index (κ2) is 5.09. The Kier molecular flexibility index (Phi) is 3.28. The number of nitrogens with one attached hydrogen (secondary N) is 1. The number of nitrogens with zero attached hydrogens (tertiary/aromatic N) is 1. The second-order valence-corrected chi connectivity index (χ2v) is 5.55. The van der Waals surface area contributed by atoms with Gasteiger partial charge in [-0.25, -0.2) is 0 Å². The van der Waals surface area contributed by atoms with E-state index in [0.717, 1.165) is 5.56 Å². The number of hydrogen-bond acceptors (Lipinski definition) is 3. The molecule has 1 N–H and O–H groups in total. The molecule has 1 aliphatic heterocycles. The van der Waals surface area contributed by atoms with E-state index in [0.29, 0.717) is 17.8 Å². The third-order valence-electron chi connectivity index (χ3n) is 3.34. The summed E-state index contributed by atoms with van der Waals surface area (Å²) in [6.45, 7) is 2.20. The van der Waals surface area contributed by atoms with E-state index in [9.17, 15) is 9.59 Å². The van der Waals surface area contributed by atoms with E-state index in [4.69, 9.17) is 0 Å². The van der Waals surface area contributed by atoms with Crippen molar-refractivity contribution in [1.29, 1.82) is 0 Å². The predicted octanol–water partition coefficient (Wildman–Crippen LogP) is 2.41. The molecule has 5 heteroatoms. The average Bonchev–Trinajstić information content (AvgIpc) is 2.94. The Morgan fingerprint density at radius 1 is 1.25 bits per heavy atom. The van der Waals surface area contributed by atoms with Gasteiger partial charge in [0.05, 0.1) is 17.8 Å². The van der Waals surface area contributed by atoms with Crippen LogP contribution in [0.1, 0.15) is 22.8 Å². The third-order valence-corrected chi connectivity index (χ3v) is 4.08. The maximum absolute atomic E-state index is 12.5. The number of thiophene rings is 1. The molecule has 20 heavy (non-hydrogen) atoms. The van der Waals surface area contributed by atoms with Gasteiger partial charge in [-0.3, -0.25) is 9.59 Å². The molecule has 0 radical (unpaired) electrons. The van der Waals surface area contributed by atoms with Crippen molar-refractivity contribution in [3.63, 3.8) is 0 Å². The van der Waals surface area contributed by atoms with Crippen molar-refractivity contribution in [2.24, 2.45) is 0 Å². The van der Waals surface area contributed by atoms with Crippen LogP contribution in [-0.4, -0.2) is 17.9 Å². The number of amides is 2. The van der Waals surface area contributed by atoms with Gasteiger partial charge in [-0.2, -0.15) is 11.3 Å². The van der Waals surface area contributed by atoms with Crippen molar-refractivity contribution in [3.8, 4) is 0 Å². The number of carbonyl (C=O) groups excluding carboxylic acids is 2. The lowest BCUT2D eigenvalue weighted by atomic mass is 10.1. The largest absolute Gasteiger partial charge is 0.340 e. The molecule has 1 atom stereocenters. The van der Waals surface area contributed by atoms with Crippen LogP contribution in [-0.2, 0) is 11.3 Å². The van der Waals surface area contributed by atoms with Crippen LogP contribution in [0.3, 0.4) is 0 Å². The van der Waals surface area contributed by atoms with Crippen molar-refractivity contribution in [3.05, 3.63) is 52.2 Å². The molecule has 1 aliphatic rings. The normalized spacial score (nSPS) is 18.4. The Morgan fingerprint density at radius 3 is 2.80 bits per heavy atom. The third kappa shape index (κ3) is 2.20. The van der Waals surface area contributed by atoms with Crippen LogP contribution in [0.25, 0.3) is 0 Å². The molecule has 102 valence electrons. The zero-order chi connectivity index (χ0) is 14.1. The Labute approximate surface area is 121 Å². The Hall–Kier alpha value is -2.14. The van der Waals surface area contributed by atoms with Crippen molar-refractivity contribution in [1.82, 2.24) is 5.32 Å². The van der Waals surface area contributed by atoms with Crippen LogP contribution in [0, 0.1) is 0 Å². The lowest BCUT2D eigenvalue weighted by molar-refractivity contribution is -0.120. The fourth-order valence-electron chi connectivity index (χ4n) is 2.32. The minimum atomic E-state index is -0.520. The molecule has 4 nitrogen and oxygen atoms in total. The summed E-state index contributed by atoms with van der Waals surface area (Å²) in [4.78, 5) is 26.3. The van der Waals surface area contributed by atoms with Crippen LogP contribution in [0.4, 0.5) is 5.69 Å². The summed E-state index contributed by atoms with van der Waals surface area (Å²) >= 11 is 1.60. The van der Waals surface area contributed by atoms with E-state index in [1.807, 2.05) is 35.0 Å². The van der Waals surface area contributed by atoms with Gasteiger partial charge in [0.15, 0.2) is 0 Å². The first-order valence-corrected chi connectivity index (χ1v) is 7.33. The standard InChI is InChI=1S/C15H14N2O2S/c1-10-15(19)17(8-11-6-7-20-9-11)13-5-3-2-4-12(13)14(18)16-10/h2-7,9-10H,8H2,1H3,(H,16,18). The number of carbonyl (C=O) groups is 2. The summed E-state index contributed by atoms with van der Waals surface area (Å²) in [5.74, 6) is -0.288. The fraction of sp³-hybridized carbons (Fsp3) is 0.200. The van der Waals surface area contributed by atoms with Gasteiger partial charge >= 0.3 is 0 Å². The van der Waals surface area contributed by atoms with E-state index in [2.05, 4.69) is 5.32 Å². The van der Waals surface area contributed by atoms with Crippen LogP contribution >= 0.6 is 11.3 Å². The summed E-state index contributed by atoms with van der Waals surface area (Å²) in [7, 11) is 0. The van der Waals surface area contributed by atoms with Gasteiger partial charge in [-0.15, -0.1) is 0 Å². The first-order valence-electron chi connectivity index (χ1n) is 6.39. The highest BCUT2D eigenvalue weighted by molar-refractivity contribution is 7.07. The Bertz CT molecular complexity index is 652. The molecule has 0 bridgehead atoms. The van der Waals surface area contributed by atoms with Crippen LogP contribution in [0.15, 0.2) is 41.1 Å². The monoisotopic (exact) mass is 286 g/mol. The Morgan fingerprint density at radius 2 is 2.05 bits per heavy atom. The molecule has 1 aromatic carbocycles. The Balaban J connectivity index is 2.06. The second-order valence-electron chi connectivity index (χ2n) is 4.77. The van der Waals surface area contributed by atoms with E-state index >= 15 is 0 Å². The van der Waals surface area contributed by atoms with Gasteiger partial charge in [0, 0.05) is 0 Å². The zero-order valence-electron chi connectivity index (χ0n) is 11.0. The molecule has 1 aromatic heterocycles. The van der Waals surface area contributed by atoms with Crippen molar-refractivity contribution in [2.75, 3.05) is 4.90 Å². The van der Waals surface area contributed by atoms with Crippen LogP contribution in [0.5, 0.6) is 0 Å². The SMILES string of the molecule is CC1NC(=O)c2ccccc2N(Cc2ccsc2)C1=O. The highest BCUT2D eigenvalue weighted by atomic mass is 32.1. The molecule has 2 aromatic rings. The summed E-state index contributed by atoms with van der Waals surface area (Å²) in [5, 5.41) is 6.73. The van der Waals surface area contributed by atoms with E-state index < -0.39 is 6.04 Å². The summed E-state index contributed by atoms with van der Waals surface area (Å²) in [6, 6.07) is 8.69. The molecule has 3 rings (SSSR count). The molecule has 0 aliphatic carbocycles. The molecule has 1 unspecified atom stereocenters. The predicted molar refractivity (Wildman–Crippen MR) is 78.9 cm³/mol. The first-order chi connectivity index (χ1) is 9.66. The van der Waals surface area contributed by atoms with Crippen LogP contribution in [0.2, 0.25) is 0 Å². The molecular formula is C15H14N2O2S. The van der Waals surface area contributed by atoms with Gasteiger partial charge in [0.1, 0.15) is 6.04 Å². The molecule has 0 saturated carbocycles. The quantitative estimate of drug-likeness (QED) is 0.921. The van der Waals surface area contributed by atoms with Gasteiger partial charge < -0.3 is 10.2 Å². The maximum atomic E-state index is 12.5. The number of anilines is 1. The van der Waals surface area contributed by atoms with Gasteiger partial charge in [0.2, 0.25) is 5.91 Å². The number of rotatable bonds is 2. The van der Waals surface area contributed by atoms with E-state index in [1.165, 1.54) is 0 Å². The lowest BCUT2D eigenvalue weighted by Gasteiger charge is -2.23. The van der Waals surface area contributed by atoms with Gasteiger partial charge in [-0.05, 0) is 41.4 Å². The lowest BCUT2D eigenvalue weighted by Crippen LogP contribution is -2.43. The summed E-state index contributed by atoms with van der Waals surface area (Å²) < 4.78 is 0. The fourth-order valence-corrected chi connectivity index (χ4v) is 2.98. The van der Waals surface area contributed by atoms with E-state index in [-0.39, 0.29) is 11.8 Å². The molecule has 0 spiro atoms. The highest BCUT2D eigenvalue weighted by Gasteiger charge is 2.30. The van der Waals surface area contributed by atoms with Gasteiger partial charge in [0.25, 0.3) is 5.91 Å². The molecule has 2 amide bonds. The first kappa shape index (κ1) is 12.9. The van der Waals surface area contributed by atoms with Crippen molar-refractivity contribution in [2.45, 2.75) is 19.5 Å². The highest BCUT2D eigenvalue weighted by Crippen LogP contribution is 2.26. The minimum absolute atomic E-state index is 0.0884. The van der Waals surface area contributed by atoms with Crippen molar-refractivity contribution >= 4 is 28.8 Å². The summed E-state index contributed by atoms with van der Waals surface area (Å²) in [6.07, 6.45) is 0. The molecule has 2 heterocycles.